The molecule has 0 unspecified atom stereocenters. The first-order valence-electron chi connectivity index (χ1n) is 17.8. The fourth-order valence-electron chi connectivity index (χ4n) is 8.47. The number of aromatic nitrogens is 1. The van der Waals surface area contributed by atoms with Gasteiger partial charge < -0.3 is 9.47 Å². The maximum absolute atomic E-state index is 2.43. The van der Waals surface area contributed by atoms with Gasteiger partial charge in [-0.05, 0) is 93.4 Å². The van der Waals surface area contributed by atoms with Crippen molar-refractivity contribution in [2.24, 2.45) is 0 Å². The predicted octanol–water partition coefficient (Wildman–Crippen LogP) is 13.4. The second kappa shape index (κ2) is 11.3. The zero-order chi connectivity index (χ0) is 34.1. The normalized spacial score (nSPS) is 13.1. The van der Waals surface area contributed by atoms with Crippen molar-refractivity contribution in [3.8, 4) is 27.9 Å². The molecule has 1 heterocycles. The monoisotopic (exact) mass is 652 g/mol. The van der Waals surface area contributed by atoms with Gasteiger partial charge in [0.15, 0.2) is 0 Å². The highest BCUT2D eigenvalue weighted by atomic mass is 15.1. The second-order valence-electron chi connectivity index (χ2n) is 14.2. The summed E-state index contributed by atoms with van der Waals surface area (Å²) in [5.41, 5.74) is 14.8. The van der Waals surface area contributed by atoms with Crippen LogP contribution >= 0.6 is 0 Å². The molecule has 1 aliphatic rings. The molecule has 2 heteroatoms. The minimum atomic E-state index is -0.0862. The molecule has 0 saturated heterocycles. The van der Waals surface area contributed by atoms with Gasteiger partial charge in [-0.3, -0.25) is 0 Å². The number of hydrogen-bond acceptors (Lipinski definition) is 1. The fraction of sp³-hybridized carbons (Fsp3) is 0.0612. The van der Waals surface area contributed by atoms with Crippen LogP contribution in [0.1, 0.15) is 25.0 Å². The minimum absolute atomic E-state index is 0.0862. The molecule has 10 rings (SSSR count). The molecular weight excluding hydrogens is 617 g/mol. The lowest BCUT2D eigenvalue weighted by Gasteiger charge is -2.29. The molecule has 0 saturated carbocycles. The zero-order valence-electron chi connectivity index (χ0n) is 28.7. The first kappa shape index (κ1) is 29.5. The fourth-order valence-corrected chi connectivity index (χ4v) is 8.47. The third kappa shape index (κ3) is 4.57. The van der Waals surface area contributed by atoms with Crippen LogP contribution in [0.15, 0.2) is 182 Å². The summed E-state index contributed by atoms with van der Waals surface area (Å²) in [4.78, 5) is 2.43. The minimum Gasteiger partial charge on any atom is -0.310 e. The predicted molar refractivity (Wildman–Crippen MR) is 216 cm³/mol. The molecule has 242 valence electrons. The average Bonchev–Trinajstić information content (AvgIpc) is 3.63. The Balaban J connectivity index is 1.12. The van der Waals surface area contributed by atoms with Crippen LogP contribution in [0.4, 0.5) is 17.1 Å². The molecule has 9 aromatic rings. The van der Waals surface area contributed by atoms with E-state index in [-0.39, 0.29) is 5.41 Å². The molecule has 0 atom stereocenters. The summed E-state index contributed by atoms with van der Waals surface area (Å²) in [6, 6.07) is 66.6. The van der Waals surface area contributed by atoms with Gasteiger partial charge in [0.25, 0.3) is 0 Å². The molecule has 1 aliphatic carbocycles. The van der Waals surface area contributed by atoms with E-state index in [0.717, 1.165) is 11.4 Å². The molecule has 0 N–H and O–H groups in total. The van der Waals surface area contributed by atoms with Crippen LogP contribution in [0.3, 0.4) is 0 Å². The van der Waals surface area contributed by atoms with Crippen LogP contribution in [0, 0.1) is 0 Å². The van der Waals surface area contributed by atoms with Crippen LogP contribution in [-0.4, -0.2) is 4.57 Å². The van der Waals surface area contributed by atoms with Gasteiger partial charge in [-0.1, -0.05) is 141 Å². The lowest BCUT2D eigenvalue weighted by atomic mass is 9.82. The van der Waals surface area contributed by atoms with E-state index in [1.165, 1.54) is 77.3 Å². The van der Waals surface area contributed by atoms with E-state index in [1.807, 2.05) is 0 Å². The Morgan fingerprint density at radius 2 is 1.08 bits per heavy atom. The Morgan fingerprint density at radius 3 is 1.94 bits per heavy atom. The highest BCUT2D eigenvalue weighted by molar-refractivity contribution is 6.10. The molecule has 2 nitrogen and oxygen atoms in total. The van der Waals surface area contributed by atoms with E-state index in [9.17, 15) is 0 Å². The summed E-state index contributed by atoms with van der Waals surface area (Å²) in [6.07, 6.45) is 0. The number of para-hydroxylation sites is 2. The quantitative estimate of drug-likeness (QED) is 0.180. The molecule has 0 spiro atoms. The van der Waals surface area contributed by atoms with Crippen LogP contribution < -0.4 is 4.90 Å². The van der Waals surface area contributed by atoms with Gasteiger partial charge in [0, 0.05) is 38.6 Å². The number of rotatable bonds is 5. The number of hydrogen-bond donors (Lipinski definition) is 0. The number of benzene rings is 8. The third-order valence-corrected chi connectivity index (χ3v) is 11.0. The van der Waals surface area contributed by atoms with E-state index in [0.29, 0.717) is 0 Å². The van der Waals surface area contributed by atoms with Crippen molar-refractivity contribution >= 4 is 49.6 Å². The van der Waals surface area contributed by atoms with Crippen molar-refractivity contribution in [1.82, 2.24) is 4.57 Å². The Kier molecular flexibility index (Phi) is 6.56. The Bertz CT molecular complexity index is 2760. The second-order valence-corrected chi connectivity index (χ2v) is 14.2. The van der Waals surface area contributed by atoms with Crippen molar-refractivity contribution in [3.05, 3.63) is 193 Å². The lowest BCUT2D eigenvalue weighted by Crippen LogP contribution is -2.16. The average molecular weight is 653 g/mol. The highest BCUT2D eigenvalue weighted by Crippen LogP contribution is 2.51. The largest absolute Gasteiger partial charge is 0.310 e. The summed E-state index contributed by atoms with van der Waals surface area (Å²) in [7, 11) is 0. The summed E-state index contributed by atoms with van der Waals surface area (Å²) in [5.74, 6) is 0. The number of fused-ring (bicyclic) bond motifs is 7. The van der Waals surface area contributed by atoms with Gasteiger partial charge in [-0.2, -0.15) is 0 Å². The van der Waals surface area contributed by atoms with Gasteiger partial charge in [-0.15, -0.1) is 0 Å². The van der Waals surface area contributed by atoms with E-state index >= 15 is 0 Å². The summed E-state index contributed by atoms with van der Waals surface area (Å²) in [5, 5.41) is 4.99. The number of anilines is 3. The van der Waals surface area contributed by atoms with Crippen LogP contribution in [-0.2, 0) is 5.41 Å². The molecule has 0 radical (unpaired) electrons. The molecule has 51 heavy (non-hydrogen) atoms. The Hall–Kier alpha value is -6.38. The van der Waals surface area contributed by atoms with Gasteiger partial charge in [0.05, 0.1) is 16.7 Å². The smallest absolute Gasteiger partial charge is 0.0547 e. The van der Waals surface area contributed by atoms with Gasteiger partial charge in [0.2, 0.25) is 0 Å². The molecule has 0 bridgehead atoms. The maximum atomic E-state index is 2.43. The number of nitrogens with zero attached hydrogens (tertiary/aromatic N) is 2. The zero-order valence-corrected chi connectivity index (χ0v) is 28.7. The lowest BCUT2D eigenvalue weighted by molar-refractivity contribution is 0.660. The first-order valence-corrected chi connectivity index (χ1v) is 17.8. The van der Waals surface area contributed by atoms with E-state index in [1.54, 1.807) is 0 Å². The molecule has 8 aromatic carbocycles. The maximum Gasteiger partial charge on any atom is 0.0547 e. The van der Waals surface area contributed by atoms with Crippen LogP contribution in [0.5, 0.6) is 0 Å². The highest BCUT2D eigenvalue weighted by Gasteiger charge is 2.35. The van der Waals surface area contributed by atoms with Crippen LogP contribution in [0.25, 0.3) is 60.5 Å². The summed E-state index contributed by atoms with van der Waals surface area (Å²) in [6.45, 7) is 4.71. The molecule has 0 aliphatic heterocycles. The Labute approximate surface area is 298 Å². The van der Waals surface area contributed by atoms with Gasteiger partial charge >= 0.3 is 0 Å². The first-order chi connectivity index (χ1) is 25.1. The molecule has 0 amide bonds. The van der Waals surface area contributed by atoms with Crippen molar-refractivity contribution in [2.45, 2.75) is 19.3 Å². The van der Waals surface area contributed by atoms with Crippen LogP contribution in [0.2, 0.25) is 0 Å². The summed E-state index contributed by atoms with van der Waals surface area (Å²) < 4.78 is 2.39. The SMILES string of the molecule is CC1(C)c2ccccc2-c2ccc(N(c3ccc(-c4ccc5c6ccccc6n(-c6ccccc6)c5c4)cc3)c3cccc4ccccc34)cc21. The molecule has 0 fully saturated rings. The third-order valence-electron chi connectivity index (χ3n) is 11.0. The van der Waals surface area contributed by atoms with E-state index in [4.69, 9.17) is 0 Å². The van der Waals surface area contributed by atoms with Crippen molar-refractivity contribution in [2.75, 3.05) is 4.90 Å². The van der Waals surface area contributed by atoms with Crippen molar-refractivity contribution < 1.29 is 0 Å². The molecular formula is C49H36N2. The van der Waals surface area contributed by atoms with Crippen molar-refractivity contribution in [1.29, 1.82) is 0 Å². The van der Waals surface area contributed by atoms with E-state index < -0.39 is 0 Å². The van der Waals surface area contributed by atoms with Crippen molar-refractivity contribution in [3.63, 3.8) is 0 Å². The Morgan fingerprint density at radius 1 is 0.431 bits per heavy atom. The van der Waals surface area contributed by atoms with Gasteiger partial charge in [-0.25, -0.2) is 0 Å². The van der Waals surface area contributed by atoms with E-state index in [2.05, 4.69) is 205 Å². The molecule has 1 aromatic heterocycles. The topological polar surface area (TPSA) is 8.17 Å². The standard InChI is InChI=1S/C49H36N2/c1-49(2)44-20-10-8-18-40(44)41-30-28-38(32-45(41)49)50(46-22-12-14-34-13-6-7-17-39(34)46)37-26-23-33(24-27-37)35-25-29-43-42-19-9-11-21-47(42)51(48(43)31-35)36-15-4-3-5-16-36/h3-32H,1-2H3. The van der Waals surface area contributed by atoms with Gasteiger partial charge in [0.1, 0.15) is 0 Å². The summed E-state index contributed by atoms with van der Waals surface area (Å²) >= 11 is 0.